The molecule has 0 bridgehead atoms. The van der Waals surface area contributed by atoms with Crippen LogP contribution in [0.1, 0.15) is 43.0 Å². The molecule has 148 valence electrons. The molecule has 0 unspecified atom stereocenters. The molecule has 8 nitrogen and oxygen atoms in total. The van der Waals surface area contributed by atoms with Gasteiger partial charge >= 0.3 is 12.0 Å². The van der Waals surface area contributed by atoms with Gasteiger partial charge in [0, 0.05) is 13.2 Å². The van der Waals surface area contributed by atoms with Gasteiger partial charge in [-0.25, -0.2) is 9.59 Å². The van der Waals surface area contributed by atoms with Crippen LogP contribution in [-0.2, 0) is 14.3 Å². The van der Waals surface area contributed by atoms with E-state index in [1.165, 1.54) is 0 Å². The van der Waals surface area contributed by atoms with Crippen LogP contribution in [0, 0.1) is 0 Å². The summed E-state index contributed by atoms with van der Waals surface area (Å²) in [6, 6.07) is 5.84. The van der Waals surface area contributed by atoms with Crippen molar-refractivity contribution in [2.75, 3.05) is 26.4 Å². The van der Waals surface area contributed by atoms with Crippen LogP contribution in [0.25, 0.3) is 0 Å². The number of hydrogen-bond donors (Lipinski definition) is 2. The molecule has 2 rings (SSSR count). The third kappa shape index (κ3) is 7.65. The molecule has 1 saturated heterocycles. The maximum Gasteiger partial charge on any atom is 0.338 e. The summed E-state index contributed by atoms with van der Waals surface area (Å²) in [4.78, 5) is 35.0. The van der Waals surface area contributed by atoms with E-state index in [2.05, 4.69) is 10.6 Å². The number of urea groups is 1. The number of unbranched alkanes of at least 4 members (excludes halogenated alkanes) is 1. The van der Waals surface area contributed by atoms with Gasteiger partial charge in [0.05, 0.1) is 11.7 Å². The summed E-state index contributed by atoms with van der Waals surface area (Å²) >= 11 is 0. The van der Waals surface area contributed by atoms with Gasteiger partial charge < -0.3 is 19.5 Å². The lowest BCUT2D eigenvalue weighted by Gasteiger charge is -2.11. The number of nitrogens with one attached hydrogen (secondary N) is 2. The van der Waals surface area contributed by atoms with Crippen LogP contribution in [0.2, 0.25) is 0 Å². The van der Waals surface area contributed by atoms with Crippen LogP contribution in [0.15, 0.2) is 24.3 Å². The van der Waals surface area contributed by atoms with E-state index in [-0.39, 0.29) is 6.10 Å². The average Bonchev–Trinajstić information content (AvgIpc) is 3.18. The van der Waals surface area contributed by atoms with Crippen molar-refractivity contribution < 1.29 is 28.6 Å². The van der Waals surface area contributed by atoms with E-state index in [0.29, 0.717) is 24.5 Å². The maximum absolute atomic E-state index is 12.0. The second-order valence-corrected chi connectivity index (χ2v) is 6.20. The molecule has 3 amide bonds. The quantitative estimate of drug-likeness (QED) is 0.503. The van der Waals surface area contributed by atoms with Gasteiger partial charge in [0.2, 0.25) is 0 Å². The lowest BCUT2D eigenvalue weighted by atomic mass is 10.2. The van der Waals surface area contributed by atoms with E-state index in [1.54, 1.807) is 24.3 Å². The summed E-state index contributed by atoms with van der Waals surface area (Å²) in [5.74, 6) is -0.709. The highest BCUT2D eigenvalue weighted by Crippen LogP contribution is 2.17. The molecule has 0 aromatic heterocycles. The summed E-state index contributed by atoms with van der Waals surface area (Å²) in [7, 11) is 0. The summed E-state index contributed by atoms with van der Waals surface area (Å²) < 4.78 is 16.0. The number of carbonyl (C=O) groups is 3. The predicted octanol–water partition coefficient (Wildman–Crippen LogP) is 2.03. The summed E-state index contributed by atoms with van der Waals surface area (Å²) in [6.45, 7) is 3.19. The highest BCUT2D eigenvalue weighted by atomic mass is 16.5. The Kier molecular flexibility index (Phi) is 8.57. The lowest BCUT2D eigenvalue weighted by Crippen LogP contribution is -2.41. The normalized spacial score (nSPS) is 15.8. The molecule has 0 spiro atoms. The number of amides is 3. The zero-order chi connectivity index (χ0) is 19.5. The van der Waals surface area contributed by atoms with Crippen molar-refractivity contribution in [1.29, 1.82) is 0 Å². The van der Waals surface area contributed by atoms with Gasteiger partial charge in [-0.2, -0.15) is 0 Å². The van der Waals surface area contributed by atoms with Gasteiger partial charge in [-0.15, -0.1) is 0 Å². The smallest absolute Gasteiger partial charge is 0.338 e. The molecule has 1 fully saturated rings. The Bertz CT molecular complexity index is 626. The third-order valence-corrected chi connectivity index (χ3v) is 3.95. The van der Waals surface area contributed by atoms with Gasteiger partial charge in [0.15, 0.2) is 6.61 Å². The largest absolute Gasteiger partial charge is 0.491 e. The van der Waals surface area contributed by atoms with Crippen molar-refractivity contribution in [3.8, 4) is 5.75 Å². The molecular weight excluding hydrogens is 352 g/mol. The SMILES string of the molecule is CCCCNC(=O)NC(=O)COC(=O)c1ccc(OC[C@@H]2CCCO2)cc1. The highest BCUT2D eigenvalue weighted by Gasteiger charge is 2.16. The van der Waals surface area contributed by atoms with Crippen molar-refractivity contribution in [1.82, 2.24) is 10.6 Å². The fourth-order valence-corrected chi connectivity index (χ4v) is 2.45. The molecular formula is C19H26N2O6. The highest BCUT2D eigenvalue weighted by molar-refractivity contribution is 5.97. The third-order valence-electron chi connectivity index (χ3n) is 3.95. The molecule has 1 heterocycles. The topological polar surface area (TPSA) is 103 Å². The number of rotatable bonds is 9. The van der Waals surface area contributed by atoms with Gasteiger partial charge in [0.1, 0.15) is 12.4 Å². The number of benzene rings is 1. The average molecular weight is 378 g/mol. The number of carbonyl (C=O) groups excluding carboxylic acids is 3. The first-order valence-corrected chi connectivity index (χ1v) is 9.17. The molecule has 1 atom stereocenters. The van der Waals surface area contributed by atoms with E-state index in [9.17, 15) is 14.4 Å². The molecule has 8 heteroatoms. The second kappa shape index (κ2) is 11.2. The standard InChI is InChI=1S/C19H26N2O6/c1-2-3-10-20-19(24)21-17(22)13-27-18(23)14-6-8-15(9-7-14)26-12-16-5-4-11-25-16/h6-9,16H,2-5,10-13H2,1H3,(H2,20,21,22,24)/t16-/m0/s1. The van der Waals surface area contributed by atoms with Crippen molar-refractivity contribution in [2.24, 2.45) is 0 Å². The van der Waals surface area contributed by atoms with Crippen LogP contribution in [0.4, 0.5) is 4.79 Å². The monoisotopic (exact) mass is 378 g/mol. The summed E-state index contributed by atoms with van der Waals surface area (Å²) in [5, 5.41) is 4.64. The number of ether oxygens (including phenoxy) is 3. The molecule has 0 saturated carbocycles. The minimum atomic E-state index is -0.686. The number of hydrogen-bond acceptors (Lipinski definition) is 6. The Balaban J connectivity index is 1.68. The van der Waals surface area contributed by atoms with E-state index in [4.69, 9.17) is 14.2 Å². The van der Waals surface area contributed by atoms with E-state index in [1.807, 2.05) is 6.92 Å². The first-order valence-electron chi connectivity index (χ1n) is 9.17. The first-order chi connectivity index (χ1) is 13.1. The molecule has 1 aliphatic heterocycles. The fraction of sp³-hybridized carbons (Fsp3) is 0.526. The summed E-state index contributed by atoms with van der Waals surface area (Å²) in [6.07, 6.45) is 3.91. The van der Waals surface area contributed by atoms with Crippen LogP contribution in [-0.4, -0.2) is 50.4 Å². The Labute approximate surface area is 158 Å². The Morgan fingerprint density at radius 2 is 2.00 bits per heavy atom. The molecule has 27 heavy (non-hydrogen) atoms. The van der Waals surface area contributed by atoms with Crippen molar-refractivity contribution in [3.05, 3.63) is 29.8 Å². The predicted molar refractivity (Wildman–Crippen MR) is 97.6 cm³/mol. The Morgan fingerprint density at radius 3 is 2.67 bits per heavy atom. The number of esters is 1. The minimum absolute atomic E-state index is 0.118. The molecule has 1 aromatic rings. The van der Waals surface area contributed by atoms with Crippen LogP contribution < -0.4 is 15.4 Å². The molecule has 2 N–H and O–H groups in total. The van der Waals surface area contributed by atoms with Gasteiger partial charge in [-0.3, -0.25) is 10.1 Å². The zero-order valence-corrected chi connectivity index (χ0v) is 15.5. The Hall–Kier alpha value is -2.61. The minimum Gasteiger partial charge on any atom is -0.491 e. The Morgan fingerprint density at radius 1 is 1.22 bits per heavy atom. The van der Waals surface area contributed by atoms with E-state index in [0.717, 1.165) is 32.3 Å². The molecule has 0 aliphatic carbocycles. The van der Waals surface area contributed by atoms with E-state index >= 15 is 0 Å². The maximum atomic E-state index is 12.0. The lowest BCUT2D eigenvalue weighted by molar-refractivity contribution is -0.123. The zero-order valence-electron chi connectivity index (χ0n) is 15.5. The van der Waals surface area contributed by atoms with Gasteiger partial charge in [-0.1, -0.05) is 13.3 Å². The van der Waals surface area contributed by atoms with Crippen molar-refractivity contribution >= 4 is 17.9 Å². The van der Waals surface area contributed by atoms with Gasteiger partial charge in [-0.05, 0) is 43.5 Å². The van der Waals surface area contributed by atoms with Crippen LogP contribution in [0.5, 0.6) is 5.75 Å². The van der Waals surface area contributed by atoms with Crippen LogP contribution in [0.3, 0.4) is 0 Å². The fourth-order valence-electron chi connectivity index (χ4n) is 2.45. The van der Waals surface area contributed by atoms with Crippen molar-refractivity contribution in [3.63, 3.8) is 0 Å². The first kappa shape index (κ1) is 20.7. The van der Waals surface area contributed by atoms with Crippen molar-refractivity contribution in [2.45, 2.75) is 38.7 Å². The molecule has 0 radical (unpaired) electrons. The van der Waals surface area contributed by atoms with Crippen LogP contribution >= 0.6 is 0 Å². The van der Waals surface area contributed by atoms with E-state index < -0.39 is 24.5 Å². The second-order valence-electron chi connectivity index (χ2n) is 6.20. The molecule has 1 aromatic carbocycles. The van der Waals surface area contributed by atoms with Gasteiger partial charge in [0.25, 0.3) is 5.91 Å². The number of imide groups is 1. The summed E-state index contributed by atoms with van der Waals surface area (Å²) in [5.41, 5.74) is 0.291. The molecule has 1 aliphatic rings.